The third-order valence-corrected chi connectivity index (χ3v) is 7.95. The Morgan fingerprint density at radius 2 is 2.00 bits per heavy atom. The van der Waals surface area contributed by atoms with Crippen molar-refractivity contribution in [1.29, 1.82) is 0 Å². The number of amidine groups is 1. The van der Waals surface area contributed by atoms with Gasteiger partial charge in [0.25, 0.3) is 5.91 Å². The highest BCUT2D eigenvalue weighted by Crippen LogP contribution is 2.38. The molecule has 1 amide bonds. The molecule has 11 nitrogen and oxygen atoms in total. The first-order valence-electron chi connectivity index (χ1n) is 14.9. The number of methoxy groups -OCH3 is 1. The average molecular weight is 639 g/mol. The molecule has 4 N–H and O–H groups in total. The Morgan fingerprint density at radius 1 is 1.22 bits per heavy atom. The van der Waals surface area contributed by atoms with Gasteiger partial charge in [-0.05, 0) is 61.4 Å². The van der Waals surface area contributed by atoms with E-state index in [1.54, 1.807) is 25.3 Å². The summed E-state index contributed by atoms with van der Waals surface area (Å²) >= 11 is 0. The number of nitrogens with one attached hydrogen (secondary N) is 2. The molecular weight excluding hydrogens is 601 g/mol. The van der Waals surface area contributed by atoms with Crippen LogP contribution in [0.4, 0.5) is 36.2 Å². The number of nitrogens with two attached hydrogens (primary N) is 1. The van der Waals surface area contributed by atoms with Gasteiger partial charge in [-0.25, -0.2) is 15.0 Å². The molecule has 14 heteroatoms. The number of halogens is 3. The molecular formula is C32H37F3N8O3. The maximum Gasteiger partial charge on any atom is 0.420 e. The number of aromatic nitrogens is 2. The number of carbonyl (C=O) groups is 1. The van der Waals surface area contributed by atoms with Crippen molar-refractivity contribution in [3.8, 4) is 5.75 Å². The van der Waals surface area contributed by atoms with Gasteiger partial charge in [0, 0.05) is 50.6 Å². The molecule has 0 spiro atoms. The molecule has 3 aromatic rings. The molecule has 2 fully saturated rings. The number of aryl methyl sites for hydroxylation is 1. The first kappa shape index (κ1) is 32.7. The summed E-state index contributed by atoms with van der Waals surface area (Å²) in [6.07, 6.45) is -0.443. The number of ether oxygens (including phenoxy) is 2. The molecule has 0 aliphatic carbocycles. The summed E-state index contributed by atoms with van der Waals surface area (Å²) in [7, 11) is 1.15. The van der Waals surface area contributed by atoms with Crippen LogP contribution in [0, 0.1) is 12.8 Å². The predicted octanol–water partition coefficient (Wildman–Crippen LogP) is 4.82. The number of amides is 1. The first-order chi connectivity index (χ1) is 22.0. The van der Waals surface area contributed by atoms with E-state index >= 15 is 0 Å². The molecule has 2 aliphatic rings. The lowest BCUT2D eigenvalue weighted by Crippen LogP contribution is -2.48. The summed E-state index contributed by atoms with van der Waals surface area (Å²) < 4.78 is 50.8. The van der Waals surface area contributed by atoms with Gasteiger partial charge in [-0.15, -0.1) is 0 Å². The van der Waals surface area contributed by atoms with Crippen molar-refractivity contribution in [3.63, 3.8) is 0 Å². The van der Waals surface area contributed by atoms with E-state index in [9.17, 15) is 18.0 Å². The highest BCUT2D eigenvalue weighted by atomic mass is 19.4. The van der Waals surface area contributed by atoms with Gasteiger partial charge in [-0.1, -0.05) is 12.6 Å². The van der Waals surface area contributed by atoms with Gasteiger partial charge < -0.3 is 30.7 Å². The predicted molar refractivity (Wildman–Crippen MR) is 171 cm³/mol. The number of alkyl halides is 3. The average Bonchev–Trinajstić information content (AvgIpc) is 3.55. The fraction of sp³-hybridized carbons (Fsp3) is 0.375. The maximum atomic E-state index is 13.5. The number of hydrogen-bond donors (Lipinski definition) is 3. The van der Waals surface area contributed by atoms with Gasteiger partial charge >= 0.3 is 6.18 Å². The maximum absolute atomic E-state index is 13.5. The van der Waals surface area contributed by atoms with E-state index in [1.165, 1.54) is 18.3 Å². The van der Waals surface area contributed by atoms with Crippen LogP contribution in [0.1, 0.15) is 33.6 Å². The highest BCUT2D eigenvalue weighted by Gasteiger charge is 2.34. The van der Waals surface area contributed by atoms with Crippen molar-refractivity contribution in [1.82, 2.24) is 14.9 Å². The highest BCUT2D eigenvalue weighted by molar-refractivity contribution is 6.06. The van der Waals surface area contributed by atoms with E-state index in [0.29, 0.717) is 28.9 Å². The van der Waals surface area contributed by atoms with Crippen molar-refractivity contribution in [3.05, 3.63) is 77.8 Å². The van der Waals surface area contributed by atoms with Crippen molar-refractivity contribution in [2.24, 2.45) is 16.6 Å². The van der Waals surface area contributed by atoms with Crippen molar-refractivity contribution >= 4 is 34.8 Å². The summed E-state index contributed by atoms with van der Waals surface area (Å²) in [5.74, 6) is 0.217. The molecule has 1 atom stereocenters. The zero-order chi connectivity index (χ0) is 32.8. The summed E-state index contributed by atoms with van der Waals surface area (Å²) in [4.78, 5) is 31.5. The Morgan fingerprint density at radius 3 is 2.67 bits per heavy atom. The van der Waals surface area contributed by atoms with Crippen LogP contribution in [0.5, 0.6) is 5.75 Å². The largest absolute Gasteiger partial charge is 0.496 e. The number of rotatable bonds is 10. The second-order valence-corrected chi connectivity index (χ2v) is 11.2. The minimum absolute atomic E-state index is 0.0368. The first-order valence-corrected chi connectivity index (χ1v) is 14.9. The van der Waals surface area contributed by atoms with Crippen LogP contribution in [0.2, 0.25) is 0 Å². The van der Waals surface area contributed by atoms with Gasteiger partial charge in [0.15, 0.2) is 5.84 Å². The molecule has 2 aliphatic heterocycles. The topological polar surface area (TPSA) is 130 Å². The minimum atomic E-state index is -4.66. The van der Waals surface area contributed by atoms with Crippen molar-refractivity contribution < 1.29 is 27.4 Å². The second-order valence-electron chi connectivity index (χ2n) is 11.2. The Labute approximate surface area is 265 Å². The van der Waals surface area contributed by atoms with Gasteiger partial charge in [-0.3, -0.25) is 9.69 Å². The summed E-state index contributed by atoms with van der Waals surface area (Å²) in [5, 5.41) is 5.52. The zero-order valence-electron chi connectivity index (χ0n) is 25.7. The van der Waals surface area contributed by atoms with Crippen LogP contribution in [-0.2, 0) is 10.9 Å². The van der Waals surface area contributed by atoms with E-state index in [1.807, 2.05) is 0 Å². The molecule has 2 aromatic carbocycles. The molecule has 244 valence electrons. The number of benzene rings is 2. The van der Waals surface area contributed by atoms with E-state index in [4.69, 9.17) is 20.2 Å². The third kappa shape index (κ3) is 7.74. The third-order valence-electron chi connectivity index (χ3n) is 7.95. The van der Waals surface area contributed by atoms with E-state index < -0.39 is 17.6 Å². The Kier molecular flexibility index (Phi) is 10.1. The number of nitrogens with zero attached hydrogens (tertiary/aromatic N) is 5. The van der Waals surface area contributed by atoms with E-state index in [2.05, 4.69) is 37.0 Å². The van der Waals surface area contributed by atoms with Crippen LogP contribution in [-0.4, -0.2) is 79.7 Å². The number of aliphatic imine (C=N–C) groups is 1. The molecule has 0 radical (unpaired) electrons. The quantitative estimate of drug-likeness (QED) is 0.212. The van der Waals surface area contributed by atoms with Crippen LogP contribution < -0.4 is 26.0 Å². The summed E-state index contributed by atoms with van der Waals surface area (Å²) in [5.41, 5.74) is 7.63. The van der Waals surface area contributed by atoms with Crippen LogP contribution in [0.15, 0.2) is 60.4 Å². The van der Waals surface area contributed by atoms with Gasteiger partial charge in [0.2, 0.25) is 5.95 Å². The fourth-order valence-electron chi connectivity index (χ4n) is 5.42. The SMILES string of the molecule is C=CNc1cnc(N2CCN(CC3CCOC3)CC2)nc1C(N)=Nc1cc(C(=O)Nc2ccc(OC)c(C(F)(F)F)c2)ccc1C. The van der Waals surface area contributed by atoms with Crippen LogP contribution in [0.25, 0.3) is 0 Å². The minimum Gasteiger partial charge on any atom is -0.496 e. The van der Waals surface area contributed by atoms with Gasteiger partial charge in [0.1, 0.15) is 11.4 Å². The van der Waals surface area contributed by atoms with E-state index in [0.717, 1.165) is 77.2 Å². The van der Waals surface area contributed by atoms with Crippen molar-refractivity contribution in [2.45, 2.75) is 19.5 Å². The number of carbonyl (C=O) groups excluding carboxylic acids is 1. The molecule has 0 saturated carbocycles. The molecule has 1 unspecified atom stereocenters. The van der Waals surface area contributed by atoms with E-state index in [-0.39, 0.29) is 22.8 Å². The smallest absolute Gasteiger partial charge is 0.420 e. The summed E-state index contributed by atoms with van der Waals surface area (Å²) in [6.45, 7) is 11.5. The Hall–Kier alpha value is -4.69. The monoisotopic (exact) mass is 638 g/mol. The van der Waals surface area contributed by atoms with Gasteiger partial charge in [0.05, 0.1) is 36.9 Å². The van der Waals surface area contributed by atoms with Crippen LogP contribution in [0.3, 0.4) is 0 Å². The summed E-state index contributed by atoms with van der Waals surface area (Å²) in [6, 6.07) is 8.07. The van der Waals surface area contributed by atoms with Gasteiger partial charge in [-0.2, -0.15) is 13.2 Å². The lowest BCUT2D eigenvalue weighted by atomic mass is 10.1. The second kappa shape index (κ2) is 14.2. The molecule has 5 rings (SSSR count). The molecule has 3 heterocycles. The Balaban J connectivity index is 1.34. The van der Waals surface area contributed by atoms with Crippen LogP contribution >= 0.6 is 0 Å². The standard InChI is InChI=1S/C32H37F3N8O3/c1-4-37-26-17-38-31(43-12-10-42(11-13-43)18-21-9-14-46-19-21)41-28(26)29(36)40-25-15-22(6-5-20(25)2)30(44)39-23-7-8-27(45-3)24(16-23)32(33,34)35/h4-8,15-17,21,37H,1,9-14,18-19H2,2-3H3,(H2,36,40)(H,39,44). The Bertz CT molecular complexity index is 1600. The lowest BCUT2D eigenvalue weighted by Gasteiger charge is -2.35. The molecule has 1 aromatic heterocycles. The molecule has 0 bridgehead atoms. The fourth-order valence-corrected chi connectivity index (χ4v) is 5.42. The normalized spacial score (nSPS) is 17.5. The molecule has 46 heavy (non-hydrogen) atoms. The molecule has 2 saturated heterocycles. The lowest BCUT2D eigenvalue weighted by molar-refractivity contribution is -0.138. The zero-order valence-corrected chi connectivity index (χ0v) is 25.7. The number of piperazine rings is 1. The number of hydrogen-bond acceptors (Lipinski definition) is 9. The number of anilines is 3. The van der Waals surface area contributed by atoms with Crippen molar-refractivity contribution in [2.75, 3.05) is 68.6 Å².